The molecule has 0 radical (unpaired) electrons. The van der Waals surface area contributed by atoms with Crippen LogP contribution in [0, 0.1) is 13.8 Å². The minimum absolute atomic E-state index is 0.00113. The van der Waals surface area contributed by atoms with Crippen molar-refractivity contribution < 1.29 is 14.3 Å². The molecule has 8 heteroatoms. The summed E-state index contributed by atoms with van der Waals surface area (Å²) in [5.41, 5.74) is 2.05. The van der Waals surface area contributed by atoms with Gasteiger partial charge in [-0.05, 0) is 32.9 Å². The van der Waals surface area contributed by atoms with E-state index in [1.54, 1.807) is 10.9 Å². The van der Waals surface area contributed by atoms with Crippen LogP contribution >= 0.6 is 0 Å². The molecule has 2 saturated heterocycles. The Kier molecular flexibility index (Phi) is 4.59. The predicted molar refractivity (Wildman–Crippen MR) is 97.6 cm³/mol. The Bertz CT molecular complexity index is 844. The molecule has 27 heavy (non-hydrogen) atoms. The van der Waals surface area contributed by atoms with Gasteiger partial charge >= 0.3 is 6.01 Å². The third kappa shape index (κ3) is 3.53. The van der Waals surface area contributed by atoms with Crippen LogP contribution in [0.25, 0.3) is 0 Å². The van der Waals surface area contributed by atoms with E-state index in [9.17, 15) is 4.79 Å². The van der Waals surface area contributed by atoms with Crippen molar-refractivity contribution in [2.24, 2.45) is 0 Å². The maximum absolute atomic E-state index is 12.8. The van der Waals surface area contributed by atoms with E-state index < -0.39 is 0 Å². The highest BCUT2D eigenvalue weighted by molar-refractivity contribution is 5.93. The molecule has 144 valence electrons. The fraction of sp³-hybridized carbons (Fsp3) is 0.579. The van der Waals surface area contributed by atoms with Crippen molar-refractivity contribution in [2.45, 2.75) is 51.9 Å². The SMILES string of the molecule is CCn1nc(C)cc1C(=O)N1CC2(C[C@H](Oc3nccc(C)n3)CCO2)C1. The normalized spacial score (nSPS) is 21.1. The van der Waals surface area contributed by atoms with Crippen LogP contribution in [0.15, 0.2) is 18.3 Å². The standard InChI is InChI=1S/C19H25N5O3/c1-4-24-16(9-14(3)22-24)17(25)23-11-19(12-23)10-15(6-8-26-19)27-18-20-7-5-13(2)21-18/h5,7,9,15H,4,6,8,10-12H2,1-3H3/t15-/m1/s1. The molecule has 2 aromatic rings. The molecule has 2 fully saturated rings. The van der Waals surface area contributed by atoms with E-state index >= 15 is 0 Å². The molecule has 4 rings (SSSR count). The van der Waals surface area contributed by atoms with Gasteiger partial charge in [0.05, 0.1) is 25.4 Å². The lowest BCUT2D eigenvalue weighted by Crippen LogP contribution is -2.67. The number of likely N-dealkylation sites (tertiary alicyclic amines) is 1. The Hall–Kier alpha value is -2.48. The fourth-order valence-corrected chi connectivity index (χ4v) is 3.85. The number of carbonyl (C=O) groups excluding carboxylic acids is 1. The second-order valence-corrected chi connectivity index (χ2v) is 7.39. The zero-order valence-corrected chi connectivity index (χ0v) is 16.0. The van der Waals surface area contributed by atoms with Crippen LogP contribution in [0.4, 0.5) is 0 Å². The number of amides is 1. The molecule has 0 N–H and O–H groups in total. The summed E-state index contributed by atoms with van der Waals surface area (Å²) >= 11 is 0. The minimum atomic E-state index is -0.325. The van der Waals surface area contributed by atoms with Crippen LogP contribution in [-0.4, -0.2) is 62.0 Å². The lowest BCUT2D eigenvalue weighted by Gasteiger charge is -2.52. The Morgan fingerprint density at radius 3 is 2.93 bits per heavy atom. The molecule has 0 saturated carbocycles. The molecule has 1 atom stereocenters. The lowest BCUT2D eigenvalue weighted by molar-refractivity contribution is -0.174. The summed E-state index contributed by atoms with van der Waals surface area (Å²) in [7, 11) is 0. The number of hydrogen-bond donors (Lipinski definition) is 0. The summed E-state index contributed by atoms with van der Waals surface area (Å²) in [5, 5.41) is 4.37. The molecule has 0 aromatic carbocycles. The van der Waals surface area contributed by atoms with Crippen molar-refractivity contribution in [2.75, 3.05) is 19.7 Å². The molecule has 0 aliphatic carbocycles. The largest absolute Gasteiger partial charge is 0.460 e. The van der Waals surface area contributed by atoms with E-state index in [0.29, 0.717) is 37.9 Å². The minimum Gasteiger partial charge on any atom is -0.460 e. The fourth-order valence-electron chi connectivity index (χ4n) is 3.85. The summed E-state index contributed by atoms with van der Waals surface area (Å²) in [6, 6.07) is 4.10. The molecule has 2 aromatic heterocycles. The molecule has 2 aliphatic heterocycles. The summed E-state index contributed by atoms with van der Waals surface area (Å²) in [5.74, 6) is 0.0109. The number of rotatable bonds is 4. The Morgan fingerprint density at radius 1 is 1.37 bits per heavy atom. The van der Waals surface area contributed by atoms with E-state index in [1.165, 1.54) is 0 Å². The van der Waals surface area contributed by atoms with Crippen LogP contribution in [0.2, 0.25) is 0 Å². The first-order valence-electron chi connectivity index (χ1n) is 9.42. The highest BCUT2D eigenvalue weighted by atomic mass is 16.5. The second-order valence-electron chi connectivity index (χ2n) is 7.39. The third-order valence-corrected chi connectivity index (χ3v) is 5.16. The quantitative estimate of drug-likeness (QED) is 0.815. The highest BCUT2D eigenvalue weighted by Crippen LogP contribution is 2.36. The first-order chi connectivity index (χ1) is 13.0. The van der Waals surface area contributed by atoms with Crippen molar-refractivity contribution in [1.82, 2.24) is 24.6 Å². The van der Waals surface area contributed by atoms with Gasteiger partial charge in [0.2, 0.25) is 0 Å². The maximum atomic E-state index is 12.8. The topological polar surface area (TPSA) is 82.4 Å². The highest BCUT2D eigenvalue weighted by Gasteiger charge is 2.50. The average Bonchev–Trinajstić information content (AvgIpc) is 3.00. The van der Waals surface area contributed by atoms with Gasteiger partial charge in [0.15, 0.2) is 0 Å². The number of hydrogen-bond acceptors (Lipinski definition) is 6. The molecule has 8 nitrogen and oxygen atoms in total. The van der Waals surface area contributed by atoms with Crippen LogP contribution < -0.4 is 4.74 Å². The van der Waals surface area contributed by atoms with Gasteiger partial charge in [-0.15, -0.1) is 0 Å². The third-order valence-electron chi connectivity index (χ3n) is 5.16. The van der Waals surface area contributed by atoms with Crippen molar-refractivity contribution in [3.05, 3.63) is 35.4 Å². The monoisotopic (exact) mass is 371 g/mol. The summed E-state index contributed by atoms with van der Waals surface area (Å²) < 4.78 is 13.8. The summed E-state index contributed by atoms with van der Waals surface area (Å²) in [6.07, 6.45) is 3.24. The Labute approximate surface area is 158 Å². The predicted octanol–water partition coefficient (Wildman–Crippen LogP) is 1.76. The van der Waals surface area contributed by atoms with Crippen molar-refractivity contribution in [1.29, 1.82) is 0 Å². The molecular weight excluding hydrogens is 346 g/mol. The van der Waals surface area contributed by atoms with Crippen LogP contribution in [0.5, 0.6) is 6.01 Å². The molecule has 1 amide bonds. The zero-order chi connectivity index (χ0) is 19.0. The second kappa shape index (κ2) is 6.92. The summed E-state index contributed by atoms with van der Waals surface area (Å²) in [6.45, 7) is 8.25. The van der Waals surface area contributed by atoms with Gasteiger partial charge in [-0.3, -0.25) is 9.48 Å². The van der Waals surface area contributed by atoms with Gasteiger partial charge in [0.25, 0.3) is 5.91 Å². The van der Waals surface area contributed by atoms with Crippen LogP contribution in [0.3, 0.4) is 0 Å². The van der Waals surface area contributed by atoms with Crippen LogP contribution in [-0.2, 0) is 11.3 Å². The van der Waals surface area contributed by atoms with E-state index in [1.807, 2.05) is 37.8 Å². The van der Waals surface area contributed by atoms with Gasteiger partial charge in [-0.1, -0.05) is 0 Å². The molecular formula is C19H25N5O3. The number of nitrogens with zero attached hydrogens (tertiary/aromatic N) is 5. The van der Waals surface area contributed by atoms with E-state index in [0.717, 1.165) is 24.2 Å². The molecule has 0 unspecified atom stereocenters. The average molecular weight is 371 g/mol. The van der Waals surface area contributed by atoms with E-state index in [4.69, 9.17) is 9.47 Å². The first-order valence-corrected chi connectivity index (χ1v) is 9.42. The molecule has 1 spiro atoms. The molecule has 4 heterocycles. The van der Waals surface area contributed by atoms with Crippen molar-refractivity contribution in [3.63, 3.8) is 0 Å². The molecule has 2 aliphatic rings. The molecule has 0 bridgehead atoms. The van der Waals surface area contributed by atoms with E-state index in [-0.39, 0.29) is 17.6 Å². The van der Waals surface area contributed by atoms with Gasteiger partial charge in [-0.25, -0.2) is 9.97 Å². The number of ether oxygens (including phenoxy) is 2. The smallest absolute Gasteiger partial charge is 0.316 e. The van der Waals surface area contributed by atoms with Gasteiger partial charge < -0.3 is 14.4 Å². The zero-order valence-electron chi connectivity index (χ0n) is 16.0. The maximum Gasteiger partial charge on any atom is 0.316 e. The van der Waals surface area contributed by atoms with Crippen molar-refractivity contribution >= 4 is 5.91 Å². The summed E-state index contributed by atoms with van der Waals surface area (Å²) in [4.78, 5) is 23.1. The Balaban J connectivity index is 1.39. The number of carbonyl (C=O) groups is 1. The van der Waals surface area contributed by atoms with Gasteiger partial charge in [0, 0.05) is 31.3 Å². The Morgan fingerprint density at radius 2 is 2.19 bits per heavy atom. The van der Waals surface area contributed by atoms with Gasteiger partial charge in [0.1, 0.15) is 17.4 Å². The van der Waals surface area contributed by atoms with Crippen LogP contribution in [0.1, 0.15) is 41.6 Å². The first kappa shape index (κ1) is 17.9. The number of aryl methyl sites for hydroxylation is 3. The van der Waals surface area contributed by atoms with E-state index in [2.05, 4.69) is 15.1 Å². The lowest BCUT2D eigenvalue weighted by atomic mass is 9.84. The number of aromatic nitrogens is 4. The van der Waals surface area contributed by atoms with Crippen molar-refractivity contribution in [3.8, 4) is 6.01 Å². The van der Waals surface area contributed by atoms with Gasteiger partial charge in [-0.2, -0.15) is 5.10 Å².